The summed E-state index contributed by atoms with van der Waals surface area (Å²) in [6, 6.07) is 4.78. The zero-order chi connectivity index (χ0) is 12.3. The number of ether oxygens (including phenoxy) is 2. The van der Waals surface area contributed by atoms with Gasteiger partial charge >= 0.3 is 0 Å². The Bertz CT molecular complexity index is 492. The van der Waals surface area contributed by atoms with Crippen LogP contribution in [0.1, 0.15) is 26.0 Å². The predicted molar refractivity (Wildman–Crippen MR) is 62.0 cm³/mol. The molecule has 0 fully saturated rings. The SMILES string of the molecule is CCOC(OCC)c1nc2c(F)cccc2[nH]1. The summed E-state index contributed by atoms with van der Waals surface area (Å²) in [5.41, 5.74) is 0.955. The highest BCUT2D eigenvalue weighted by molar-refractivity contribution is 5.75. The van der Waals surface area contributed by atoms with E-state index in [1.54, 1.807) is 12.1 Å². The molecule has 1 aromatic carbocycles. The number of aromatic amines is 1. The van der Waals surface area contributed by atoms with Crippen molar-refractivity contribution >= 4 is 11.0 Å². The van der Waals surface area contributed by atoms with Gasteiger partial charge in [-0.05, 0) is 26.0 Å². The van der Waals surface area contributed by atoms with Gasteiger partial charge in [0.25, 0.3) is 0 Å². The lowest BCUT2D eigenvalue weighted by Crippen LogP contribution is -2.10. The van der Waals surface area contributed by atoms with Crippen LogP contribution in [0.15, 0.2) is 18.2 Å². The van der Waals surface area contributed by atoms with E-state index in [0.717, 1.165) is 0 Å². The molecule has 0 saturated carbocycles. The number of fused-ring (bicyclic) bond motifs is 1. The fourth-order valence-corrected chi connectivity index (χ4v) is 1.64. The Kier molecular flexibility index (Phi) is 3.71. The Morgan fingerprint density at radius 2 is 2.00 bits per heavy atom. The van der Waals surface area contributed by atoms with Gasteiger partial charge in [0.2, 0.25) is 6.29 Å². The first-order valence-corrected chi connectivity index (χ1v) is 5.63. The normalized spacial score (nSPS) is 11.5. The van der Waals surface area contributed by atoms with Crippen molar-refractivity contribution in [1.29, 1.82) is 0 Å². The molecule has 17 heavy (non-hydrogen) atoms. The highest BCUT2D eigenvalue weighted by Gasteiger charge is 2.17. The monoisotopic (exact) mass is 238 g/mol. The van der Waals surface area contributed by atoms with E-state index in [9.17, 15) is 4.39 Å². The molecular formula is C12H15FN2O2. The van der Waals surface area contributed by atoms with E-state index in [-0.39, 0.29) is 5.82 Å². The summed E-state index contributed by atoms with van der Waals surface area (Å²) in [4.78, 5) is 7.17. The summed E-state index contributed by atoms with van der Waals surface area (Å²) in [6.45, 7) is 4.75. The van der Waals surface area contributed by atoms with Crippen molar-refractivity contribution in [3.8, 4) is 0 Å². The third-order valence-electron chi connectivity index (χ3n) is 2.34. The van der Waals surface area contributed by atoms with Gasteiger partial charge in [0.15, 0.2) is 11.6 Å². The zero-order valence-corrected chi connectivity index (χ0v) is 9.87. The van der Waals surface area contributed by atoms with Crippen molar-refractivity contribution in [2.24, 2.45) is 0 Å². The van der Waals surface area contributed by atoms with E-state index in [0.29, 0.717) is 30.1 Å². The number of benzene rings is 1. The first-order valence-electron chi connectivity index (χ1n) is 5.63. The van der Waals surface area contributed by atoms with Crippen LogP contribution in [0, 0.1) is 5.82 Å². The van der Waals surface area contributed by atoms with Crippen LogP contribution in [0.25, 0.3) is 11.0 Å². The van der Waals surface area contributed by atoms with Gasteiger partial charge in [-0.25, -0.2) is 9.37 Å². The van der Waals surface area contributed by atoms with Crippen LogP contribution in [-0.4, -0.2) is 23.2 Å². The van der Waals surface area contributed by atoms with Crippen molar-refractivity contribution in [2.45, 2.75) is 20.1 Å². The molecule has 0 radical (unpaired) electrons. The lowest BCUT2D eigenvalue weighted by molar-refractivity contribution is -0.144. The van der Waals surface area contributed by atoms with Gasteiger partial charge in [-0.3, -0.25) is 0 Å². The summed E-state index contributed by atoms with van der Waals surface area (Å²) in [5.74, 6) is 0.144. The van der Waals surface area contributed by atoms with Gasteiger partial charge < -0.3 is 14.5 Å². The van der Waals surface area contributed by atoms with Crippen LogP contribution in [0.3, 0.4) is 0 Å². The second-order valence-corrected chi connectivity index (χ2v) is 3.50. The number of hydrogen-bond donors (Lipinski definition) is 1. The first-order chi connectivity index (χ1) is 8.26. The van der Waals surface area contributed by atoms with Crippen molar-refractivity contribution in [1.82, 2.24) is 9.97 Å². The Labute approximate surface area is 98.8 Å². The Morgan fingerprint density at radius 3 is 2.59 bits per heavy atom. The molecule has 0 unspecified atom stereocenters. The number of halogens is 1. The smallest absolute Gasteiger partial charge is 0.217 e. The van der Waals surface area contributed by atoms with Gasteiger partial charge in [0.05, 0.1) is 5.52 Å². The summed E-state index contributed by atoms with van der Waals surface area (Å²) in [5, 5.41) is 0. The highest BCUT2D eigenvalue weighted by atomic mass is 19.1. The molecule has 0 amide bonds. The molecule has 5 heteroatoms. The first kappa shape index (κ1) is 12.0. The maximum atomic E-state index is 13.5. The van der Waals surface area contributed by atoms with Crippen LogP contribution in [-0.2, 0) is 9.47 Å². The average molecular weight is 238 g/mol. The molecule has 0 atom stereocenters. The van der Waals surface area contributed by atoms with E-state index in [2.05, 4.69) is 9.97 Å². The minimum atomic E-state index is -0.572. The van der Waals surface area contributed by atoms with Crippen molar-refractivity contribution in [3.63, 3.8) is 0 Å². The third kappa shape index (κ3) is 2.45. The molecule has 0 spiro atoms. The number of imidazole rings is 1. The number of para-hydroxylation sites is 1. The molecule has 92 valence electrons. The number of hydrogen-bond acceptors (Lipinski definition) is 3. The molecule has 2 aromatic rings. The summed E-state index contributed by atoms with van der Waals surface area (Å²) in [6.07, 6.45) is -0.572. The number of H-pyrrole nitrogens is 1. The van der Waals surface area contributed by atoms with Gasteiger partial charge in [-0.1, -0.05) is 6.07 Å². The van der Waals surface area contributed by atoms with Crippen LogP contribution >= 0.6 is 0 Å². The van der Waals surface area contributed by atoms with Crippen molar-refractivity contribution < 1.29 is 13.9 Å². The molecule has 4 nitrogen and oxygen atoms in total. The lowest BCUT2D eigenvalue weighted by Gasteiger charge is -2.13. The quantitative estimate of drug-likeness (QED) is 0.815. The van der Waals surface area contributed by atoms with E-state index < -0.39 is 6.29 Å². The Balaban J connectivity index is 2.36. The summed E-state index contributed by atoms with van der Waals surface area (Å²) < 4.78 is 24.3. The van der Waals surface area contributed by atoms with E-state index in [1.165, 1.54) is 6.07 Å². The molecule has 0 aliphatic carbocycles. The molecular weight excluding hydrogens is 223 g/mol. The third-order valence-corrected chi connectivity index (χ3v) is 2.34. The maximum Gasteiger partial charge on any atom is 0.217 e. The molecule has 1 N–H and O–H groups in total. The van der Waals surface area contributed by atoms with E-state index in [1.807, 2.05) is 13.8 Å². The molecule has 1 aromatic heterocycles. The van der Waals surface area contributed by atoms with E-state index >= 15 is 0 Å². The minimum Gasteiger partial charge on any atom is -0.346 e. The fourth-order valence-electron chi connectivity index (χ4n) is 1.64. The molecule has 0 aliphatic heterocycles. The molecule has 1 heterocycles. The average Bonchev–Trinajstić information content (AvgIpc) is 2.74. The van der Waals surface area contributed by atoms with E-state index in [4.69, 9.17) is 9.47 Å². The van der Waals surface area contributed by atoms with Crippen LogP contribution in [0.5, 0.6) is 0 Å². The van der Waals surface area contributed by atoms with Gasteiger partial charge in [-0.15, -0.1) is 0 Å². The Hall–Kier alpha value is -1.46. The lowest BCUT2D eigenvalue weighted by atomic mass is 10.3. The highest BCUT2D eigenvalue weighted by Crippen LogP contribution is 2.21. The second kappa shape index (κ2) is 5.25. The Morgan fingerprint density at radius 1 is 1.29 bits per heavy atom. The van der Waals surface area contributed by atoms with Crippen LogP contribution < -0.4 is 0 Å². The second-order valence-electron chi connectivity index (χ2n) is 3.50. The summed E-state index contributed by atoms with van der Waals surface area (Å²) in [7, 11) is 0. The number of nitrogens with zero attached hydrogens (tertiary/aromatic N) is 1. The molecule has 0 saturated heterocycles. The minimum absolute atomic E-state index is 0.312. The van der Waals surface area contributed by atoms with Gasteiger partial charge in [0.1, 0.15) is 5.52 Å². The molecule has 0 aliphatic rings. The van der Waals surface area contributed by atoms with Crippen molar-refractivity contribution in [2.75, 3.05) is 13.2 Å². The summed E-state index contributed by atoms with van der Waals surface area (Å²) >= 11 is 0. The number of nitrogens with one attached hydrogen (secondary N) is 1. The standard InChI is InChI=1S/C12H15FN2O2/c1-3-16-12(17-4-2)11-14-9-7-5-6-8(13)10(9)15-11/h5-7,12H,3-4H2,1-2H3,(H,14,15). The van der Waals surface area contributed by atoms with Crippen LogP contribution in [0.2, 0.25) is 0 Å². The predicted octanol–water partition coefficient (Wildman–Crippen LogP) is 2.77. The number of rotatable bonds is 5. The maximum absolute atomic E-state index is 13.5. The van der Waals surface area contributed by atoms with Crippen LogP contribution in [0.4, 0.5) is 4.39 Å². The molecule has 2 rings (SSSR count). The topological polar surface area (TPSA) is 47.1 Å². The zero-order valence-electron chi connectivity index (χ0n) is 9.87. The van der Waals surface area contributed by atoms with Crippen molar-refractivity contribution in [3.05, 3.63) is 29.8 Å². The largest absolute Gasteiger partial charge is 0.346 e. The molecule has 0 bridgehead atoms. The fraction of sp³-hybridized carbons (Fsp3) is 0.417. The van der Waals surface area contributed by atoms with Gasteiger partial charge in [-0.2, -0.15) is 0 Å². The number of aromatic nitrogens is 2. The van der Waals surface area contributed by atoms with Gasteiger partial charge in [0, 0.05) is 13.2 Å².